The van der Waals surface area contributed by atoms with Crippen LogP contribution in [0.2, 0.25) is 0 Å². The first-order valence-corrected chi connectivity index (χ1v) is 4.17. The average molecular weight is 177 g/mol. The van der Waals surface area contributed by atoms with Crippen molar-refractivity contribution < 1.29 is 14.2 Å². The second-order valence-electron chi connectivity index (χ2n) is 3.51. The number of alkyl halides is 1. The molecular formula is C8H16FNO2. The number of halogens is 1. The first-order chi connectivity index (χ1) is 5.54. The molecule has 0 radical (unpaired) electrons. The van der Waals surface area contributed by atoms with Gasteiger partial charge in [-0.1, -0.05) is 0 Å². The molecule has 1 N–H and O–H groups in total. The molecule has 1 aliphatic heterocycles. The zero-order chi connectivity index (χ0) is 9.19. The SMILES string of the molecule is CC(F)C1(O)COCCN(C)C1. The molecule has 12 heavy (non-hydrogen) atoms. The molecule has 0 spiro atoms. The van der Waals surface area contributed by atoms with Gasteiger partial charge in [0.05, 0.1) is 13.2 Å². The summed E-state index contributed by atoms with van der Waals surface area (Å²) in [6.07, 6.45) is -1.25. The third-order valence-electron chi connectivity index (χ3n) is 2.25. The van der Waals surface area contributed by atoms with Crippen LogP contribution >= 0.6 is 0 Å². The van der Waals surface area contributed by atoms with Crippen molar-refractivity contribution in [1.29, 1.82) is 0 Å². The topological polar surface area (TPSA) is 32.7 Å². The second-order valence-corrected chi connectivity index (χ2v) is 3.51. The lowest BCUT2D eigenvalue weighted by Gasteiger charge is -2.29. The molecule has 2 unspecified atom stereocenters. The molecule has 2 atom stereocenters. The molecule has 0 aliphatic carbocycles. The Morgan fingerprint density at radius 3 is 2.92 bits per heavy atom. The Morgan fingerprint density at radius 1 is 1.67 bits per heavy atom. The third kappa shape index (κ3) is 2.15. The van der Waals surface area contributed by atoms with Crippen molar-refractivity contribution in [3.8, 4) is 0 Å². The Morgan fingerprint density at radius 2 is 2.33 bits per heavy atom. The highest BCUT2D eigenvalue weighted by Crippen LogP contribution is 2.17. The Balaban J connectivity index is 2.61. The van der Waals surface area contributed by atoms with Crippen LogP contribution in [0.1, 0.15) is 6.92 Å². The molecule has 3 nitrogen and oxygen atoms in total. The van der Waals surface area contributed by atoms with Crippen molar-refractivity contribution in [3.63, 3.8) is 0 Å². The monoisotopic (exact) mass is 177 g/mol. The van der Waals surface area contributed by atoms with Gasteiger partial charge in [-0.05, 0) is 14.0 Å². The van der Waals surface area contributed by atoms with E-state index < -0.39 is 11.8 Å². The molecule has 0 bridgehead atoms. The van der Waals surface area contributed by atoms with E-state index >= 15 is 0 Å². The molecule has 4 heteroatoms. The number of likely N-dealkylation sites (N-methyl/N-ethyl adjacent to an activating group) is 1. The summed E-state index contributed by atoms with van der Waals surface area (Å²) in [5, 5.41) is 9.76. The van der Waals surface area contributed by atoms with Crippen LogP contribution in [0.5, 0.6) is 0 Å². The smallest absolute Gasteiger partial charge is 0.131 e. The lowest BCUT2D eigenvalue weighted by atomic mass is 10.00. The number of nitrogens with zero attached hydrogens (tertiary/aromatic N) is 1. The molecule has 1 saturated heterocycles. The zero-order valence-corrected chi connectivity index (χ0v) is 7.59. The Bertz CT molecular complexity index is 154. The summed E-state index contributed by atoms with van der Waals surface area (Å²) in [5.74, 6) is 0. The molecule has 72 valence electrons. The maximum absolute atomic E-state index is 13.0. The molecule has 1 aliphatic rings. The van der Waals surface area contributed by atoms with Crippen LogP contribution in [-0.2, 0) is 4.74 Å². The number of hydrogen-bond donors (Lipinski definition) is 1. The van der Waals surface area contributed by atoms with Crippen LogP contribution < -0.4 is 0 Å². The quantitative estimate of drug-likeness (QED) is 0.613. The van der Waals surface area contributed by atoms with E-state index in [4.69, 9.17) is 4.74 Å². The molecule has 1 heterocycles. The van der Waals surface area contributed by atoms with Gasteiger partial charge in [0.2, 0.25) is 0 Å². The van der Waals surface area contributed by atoms with Crippen molar-refractivity contribution in [3.05, 3.63) is 0 Å². The Hall–Kier alpha value is -0.190. The molecule has 0 saturated carbocycles. The van der Waals surface area contributed by atoms with Crippen molar-refractivity contribution in [2.75, 3.05) is 33.4 Å². The minimum Gasteiger partial charge on any atom is -0.383 e. The van der Waals surface area contributed by atoms with Crippen molar-refractivity contribution in [2.45, 2.75) is 18.7 Å². The fourth-order valence-corrected chi connectivity index (χ4v) is 1.30. The fourth-order valence-electron chi connectivity index (χ4n) is 1.30. The average Bonchev–Trinajstić information content (AvgIpc) is 2.12. The molecule has 0 aromatic heterocycles. The number of rotatable bonds is 1. The first-order valence-electron chi connectivity index (χ1n) is 4.17. The van der Waals surface area contributed by atoms with Crippen molar-refractivity contribution >= 4 is 0 Å². The predicted octanol–water partition coefficient (Wildman–Crippen LogP) is 0.0375. The van der Waals surface area contributed by atoms with Gasteiger partial charge in [-0.15, -0.1) is 0 Å². The number of β-amino-alcohol motifs (C(OH)–C–C–N with tert-alkyl or cyclic N) is 1. The van der Waals surface area contributed by atoms with E-state index in [2.05, 4.69) is 0 Å². The van der Waals surface area contributed by atoms with Gasteiger partial charge in [-0.25, -0.2) is 4.39 Å². The maximum atomic E-state index is 13.0. The summed E-state index contributed by atoms with van der Waals surface area (Å²) in [5.41, 5.74) is -1.33. The lowest BCUT2D eigenvalue weighted by Crippen LogP contribution is -2.49. The fraction of sp³-hybridized carbons (Fsp3) is 1.00. The minimum atomic E-state index is -1.33. The summed E-state index contributed by atoms with van der Waals surface area (Å²) < 4.78 is 18.1. The summed E-state index contributed by atoms with van der Waals surface area (Å²) >= 11 is 0. The maximum Gasteiger partial charge on any atom is 0.131 e. The minimum absolute atomic E-state index is 0.0923. The molecule has 0 aromatic carbocycles. The van der Waals surface area contributed by atoms with E-state index in [1.807, 2.05) is 11.9 Å². The normalized spacial score (nSPS) is 36.0. The Labute approximate surface area is 72.1 Å². The molecule has 0 amide bonds. The van der Waals surface area contributed by atoms with Gasteiger partial charge in [-0.2, -0.15) is 0 Å². The second kappa shape index (κ2) is 3.68. The van der Waals surface area contributed by atoms with Crippen LogP contribution in [0.15, 0.2) is 0 Å². The van der Waals surface area contributed by atoms with Crippen LogP contribution in [0.25, 0.3) is 0 Å². The molecule has 0 aromatic rings. The van der Waals surface area contributed by atoms with Crippen LogP contribution in [0, 0.1) is 0 Å². The number of aliphatic hydroxyl groups is 1. The molecular weight excluding hydrogens is 161 g/mol. The third-order valence-corrected chi connectivity index (χ3v) is 2.25. The zero-order valence-electron chi connectivity index (χ0n) is 7.59. The van der Waals surface area contributed by atoms with Gasteiger partial charge in [-0.3, -0.25) is 0 Å². The van der Waals surface area contributed by atoms with Crippen LogP contribution in [-0.4, -0.2) is 55.1 Å². The van der Waals surface area contributed by atoms with Gasteiger partial charge in [0.1, 0.15) is 11.8 Å². The lowest BCUT2D eigenvalue weighted by molar-refractivity contribution is -0.0809. The summed E-state index contributed by atoms with van der Waals surface area (Å²) in [4.78, 5) is 1.88. The summed E-state index contributed by atoms with van der Waals surface area (Å²) in [6.45, 7) is 3.10. The van der Waals surface area contributed by atoms with E-state index in [-0.39, 0.29) is 6.61 Å². The van der Waals surface area contributed by atoms with E-state index in [1.165, 1.54) is 6.92 Å². The van der Waals surface area contributed by atoms with E-state index in [0.717, 1.165) is 6.54 Å². The van der Waals surface area contributed by atoms with Gasteiger partial charge in [0.25, 0.3) is 0 Å². The van der Waals surface area contributed by atoms with Crippen molar-refractivity contribution in [1.82, 2.24) is 4.90 Å². The highest BCUT2D eigenvalue weighted by Gasteiger charge is 2.37. The molecule has 1 fully saturated rings. The summed E-state index contributed by atoms with van der Waals surface area (Å²) in [7, 11) is 1.85. The van der Waals surface area contributed by atoms with E-state index in [0.29, 0.717) is 13.2 Å². The first kappa shape index (κ1) is 9.89. The number of hydrogen-bond acceptors (Lipinski definition) is 3. The largest absolute Gasteiger partial charge is 0.383 e. The van der Waals surface area contributed by atoms with Gasteiger partial charge in [0.15, 0.2) is 0 Å². The van der Waals surface area contributed by atoms with E-state index in [9.17, 15) is 9.50 Å². The Kier molecular flexibility index (Phi) is 3.04. The molecule has 1 rings (SSSR count). The van der Waals surface area contributed by atoms with Gasteiger partial charge in [0, 0.05) is 13.1 Å². The van der Waals surface area contributed by atoms with Crippen LogP contribution in [0.3, 0.4) is 0 Å². The van der Waals surface area contributed by atoms with E-state index in [1.54, 1.807) is 0 Å². The standard InChI is InChI=1S/C8H16FNO2/c1-7(9)8(11)5-10(2)3-4-12-6-8/h7,11H,3-6H2,1-2H3. The van der Waals surface area contributed by atoms with Gasteiger partial charge < -0.3 is 14.7 Å². The summed E-state index contributed by atoms with van der Waals surface area (Å²) in [6, 6.07) is 0. The van der Waals surface area contributed by atoms with Gasteiger partial charge >= 0.3 is 0 Å². The van der Waals surface area contributed by atoms with Crippen molar-refractivity contribution in [2.24, 2.45) is 0 Å². The predicted molar refractivity (Wildman–Crippen MR) is 43.8 cm³/mol. The van der Waals surface area contributed by atoms with Crippen LogP contribution in [0.4, 0.5) is 4.39 Å². The highest BCUT2D eigenvalue weighted by molar-refractivity contribution is 4.88. The number of ether oxygens (including phenoxy) is 1. The highest BCUT2D eigenvalue weighted by atomic mass is 19.1.